The van der Waals surface area contributed by atoms with Gasteiger partial charge >= 0.3 is 0 Å². The zero-order chi connectivity index (χ0) is 14.0. The normalized spacial score (nSPS) is 17.3. The van der Waals surface area contributed by atoms with E-state index < -0.39 is 11.1 Å². The molecule has 0 aromatic heterocycles. The van der Waals surface area contributed by atoms with Crippen LogP contribution >= 0.6 is 11.8 Å². The number of anilines is 1. The lowest BCUT2D eigenvalue weighted by molar-refractivity contribution is -0.127. The average Bonchev–Trinajstić information content (AvgIpc) is 2.60. The molecule has 0 aliphatic carbocycles. The maximum absolute atomic E-state index is 12.0. The summed E-state index contributed by atoms with van der Waals surface area (Å²) in [5.74, 6) is -0.655. The lowest BCUT2D eigenvalue weighted by atomic mass is 10.2. The number of nitrogens with two attached hydrogens (primary N) is 1. The Morgan fingerprint density at radius 2 is 1.95 bits per heavy atom. The summed E-state index contributed by atoms with van der Waals surface area (Å²) < 4.78 is 0. The van der Waals surface area contributed by atoms with Gasteiger partial charge in [-0.15, -0.1) is 0 Å². The molecule has 0 bridgehead atoms. The summed E-state index contributed by atoms with van der Waals surface area (Å²) >= 11 is 0.838. The first-order valence-electron chi connectivity index (χ1n) is 5.58. The van der Waals surface area contributed by atoms with Crippen molar-refractivity contribution in [3.8, 4) is 0 Å². The SMILES string of the molecule is CC(=O)CN1C(=O)S/C(=C\c2ccc(N)cc2)C1=O. The highest BCUT2D eigenvalue weighted by molar-refractivity contribution is 8.18. The first kappa shape index (κ1) is 13.4. The Bertz CT molecular complexity index is 578. The molecule has 19 heavy (non-hydrogen) atoms. The van der Waals surface area contributed by atoms with Crippen LogP contribution in [0.4, 0.5) is 10.5 Å². The number of Topliss-reactive ketones (excluding diaryl/α,β-unsaturated/α-hetero) is 1. The van der Waals surface area contributed by atoms with Gasteiger partial charge < -0.3 is 5.73 Å². The molecule has 2 amide bonds. The molecule has 1 saturated heterocycles. The lowest BCUT2D eigenvalue weighted by Gasteiger charge is -2.08. The van der Waals surface area contributed by atoms with Gasteiger partial charge in [0.2, 0.25) is 0 Å². The molecule has 0 radical (unpaired) electrons. The van der Waals surface area contributed by atoms with E-state index in [9.17, 15) is 14.4 Å². The average molecular weight is 276 g/mol. The number of amides is 2. The second-order valence-electron chi connectivity index (χ2n) is 4.14. The summed E-state index contributed by atoms with van der Waals surface area (Å²) in [7, 11) is 0. The van der Waals surface area contributed by atoms with E-state index in [0.717, 1.165) is 22.2 Å². The second kappa shape index (κ2) is 5.27. The predicted molar refractivity (Wildman–Crippen MR) is 74.2 cm³/mol. The molecule has 2 rings (SSSR count). The van der Waals surface area contributed by atoms with Crippen LogP contribution in [-0.4, -0.2) is 28.4 Å². The molecule has 1 heterocycles. The van der Waals surface area contributed by atoms with Crippen LogP contribution in [0.25, 0.3) is 6.08 Å². The fraction of sp³-hybridized carbons (Fsp3) is 0.154. The fourth-order valence-corrected chi connectivity index (χ4v) is 2.44. The van der Waals surface area contributed by atoms with Gasteiger partial charge in [0.15, 0.2) is 0 Å². The van der Waals surface area contributed by atoms with Gasteiger partial charge in [0.05, 0.1) is 11.4 Å². The number of carbonyl (C=O) groups excluding carboxylic acids is 3. The number of hydrogen-bond acceptors (Lipinski definition) is 5. The minimum Gasteiger partial charge on any atom is -0.399 e. The van der Waals surface area contributed by atoms with E-state index in [4.69, 9.17) is 5.73 Å². The molecule has 98 valence electrons. The molecule has 1 aliphatic rings. The third-order valence-electron chi connectivity index (χ3n) is 2.49. The number of rotatable bonds is 3. The number of nitrogens with zero attached hydrogens (tertiary/aromatic N) is 1. The first-order chi connectivity index (χ1) is 8.97. The van der Waals surface area contributed by atoms with Crippen molar-refractivity contribution >= 4 is 40.5 Å². The van der Waals surface area contributed by atoms with Crippen molar-refractivity contribution in [2.45, 2.75) is 6.92 Å². The van der Waals surface area contributed by atoms with Crippen LogP contribution in [0, 0.1) is 0 Å². The Balaban J connectivity index is 2.23. The quantitative estimate of drug-likeness (QED) is 0.673. The minimum atomic E-state index is -0.429. The van der Waals surface area contributed by atoms with Gasteiger partial charge in [-0.1, -0.05) is 12.1 Å². The Morgan fingerprint density at radius 1 is 1.32 bits per heavy atom. The Labute approximate surface area is 114 Å². The van der Waals surface area contributed by atoms with Gasteiger partial charge in [-0.2, -0.15) is 0 Å². The largest absolute Gasteiger partial charge is 0.399 e. The zero-order valence-electron chi connectivity index (χ0n) is 10.3. The monoisotopic (exact) mass is 276 g/mol. The molecule has 0 spiro atoms. The highest BCUT2D eigenvalue weighted by Crippen LogP contribution is 2.32. The molecular weight excluding hydrogens is 264 g/mol. The van der Waals surface area contributed by atoms with E-state index in [2.05, 4.69) is 0 Å². The van der Waals surface area contributed by atoms with Crippen LogP contribution in [0.3, 0.4) is 0 Å². The molecule has 1 aromatic rings. The number of carbonyl (C=O) groups is 3. The van der Waals surface area contributed by atoms with Crippen LogP contribution in [0.1, 0.15) is 12.5 Å². The number of thioether (sulfide) groups is 1. The second-order valence-corrected chi connectivity index (χ2v) is 5.13. The number of imide groups is 1. The number of nitrogen functional groups attached to an aromatic ring is 1. The van der Waals surface area contributed by atoms with Crippen molar-refractivity contribution in [1.82, 2.24) is 4.90 Å². The third-order valence-corrected chi connectivity index (χ3v) is 3.40. The van der Waals surface area contributed by atoms with Crippen LogP contribution in [0.5, 0.6) is 0 Å². The van der Waals surface area contributed by atoms with E-state index in [0.29, 0.717) is 10.6 Å². The maximum Gasteiger partial charge on any atom is 0.293 e. The Morgan fingerprint density at radius 3 is 2.53 bits per heavy atom. The number of ketones is 1. The summed E-state index contributed by atoms with van der Waals surface area (Å²) in [6, 6.07) is 6.94. The summed E-state index contributed by atoms with van der Waals surface area (Å²) in [6.07, 6.45) is 1.62. The van der Waals surface area contributed by atoms with Gasteiger partial charge in [-0.05, 0) is 42.5 Å². The van der Waals surface area contributed by atoms with E-state index in [1.54, 1.807) is 30.3 Å². The molecule has 1 aliphatic heterocycles. The van der Waals surface area contributed by atoms with Crippen LogP contribution in [-0.2, 0) is 9.59 Å². The molecule has 0 unspecified atom stereocenters. The van der Waals surface area contributed by atoms with E-state index >= 15 is 0 Å². The van der Waals surface area contributed by atoms with Gasteiger partial charge in [0, 0.05) is 5.69 Å². The van der Waals surface area contributed by atoms with Crippen molar-refractivity contribution in [1.29, 1.82) is 0 Å². The van der Waals surface area contributed by atoms with Crippen molar-refractivity contribution in [3.63, 3.8) is 0 Å². The molecule has 0 saturated carbocycles. The minimum absolute atomic E-state index is 0.177. The highest BCUT2D eigenvalue weighted by atomic mass is 32.2. The van der Waals surface area contributed by atoms with Crippen molar-refractivity contribution in [2.24, 2.45) is 0 Å². The Hall–Kier alpha value is -2.08. The van der Waals surface area contributed by atoms with E-state index in [1.165, 1.54) is 6.92 Å². The first-order valence-corrected chi connectivity index (χ1v) is 6.39. The van der Waals surface area contributed by atoms with Gasteiger partial charge in [0.1, 0.15) is 5.78 Å². The molecule has 1 aromatic carbocycles. The van der Waals surface area contributed by atoms with Crippen LogP contribution < -0.4 is 5.73 Å². The van der Waals surface area contributed by atoms with Gasteiger partial charge in [-0.3, -0.25) is 19.3 Å². The standard InChI is InChI=1S/C13H12N2O3S/c1-8(16)7-15-12(17)11(19-13(15)18)6-9-2-4-10(14)5-3-9/h2-6H,7,14H2,1H3/b11-6-. The summed E-state index contributed by atoms with van der Waals surface area (Å²) in [4.78, 5) is 35.9. The van der Waals surface area contributed by atoms with Crippen molar-refractivity contribution in [2.75, 3.05) is 12.3 Å². The molecule has 6 heteroatoms. The molecule has 1 fully saturated rings. The third kappa shape index (κ3) is 3.03. The highest BCUT2D eigenvalue weighted by Gasteiger charge is 2.35. The lowest BCUT2D eigenvalue weighted by Crippen LogP contribution is -2.32. The molecule has 2 N–H and O–H groups in total. The predicted octanol–water partition coefficient (Wildman–Crippen LogP) is 1.89. The van der Waals surface area contributed by atoms with Crippen molar-refractivity contribution in [3.05, 3.63) is 34.7 Å². The van der Waals surface area contributed by atoms with Crippen molar-refractivity contribution < 1.29 is 14.4 Å². The topological polar surface area (TPSA) is 80.5 Å². The molecule has 5 nitrogen and oxygen atoms in total. The number of benzene rings is 1. The summed E-state index contributed by atoms with van der Waals surface area (Å²) in [5, 5.41) is -0.415. The smallest absolute Gasteiger partial charge is 0.293 e. The molecular formula is C13H12N2O3S. The van der Waals surface area contributed by atoms with E-state index in [-0.39, 0.29) is 12.3 Å². The van der Waals surface area contributed by atoms with Gasteiger partial charge in [0.25, 0.3) is 11.1 Å². The zero-order valence-corrected chi connectivity index (χ0v) is 11.1. The summed E-state index contributed by atoms with van der Waals surface area (Å²) in [5.41, 5.74) is 6.98. The maximum atomic E-state index is 12.0. The fourth-order valence-electron chi connectivity index (χ4n) is 1.60. The van der Waals surface area contributed by atoms with Gasteiger partial charge in [-0.25, -0.2) is 0 Å². The van der Waals surface area contributed by atoms with Crippen LogP contribution in [0.15, 0.2) is 29.2 Å². The Kier molecular flexibility index (Phi) is 3.71. The van der Waals surface area contributed by atoms with Crippen LogP contribution in [0.2, 0.25) is 0 Å². The summed E-state index contributed by atoms with van der Waals surface area (Å²) in [6.45, 7) is 1.16. The molecule has 0 atom stereocenters. The van der Waals surface area contributed by atoms with E-state index in [1.807, 2.05) is 0 Å². The number of hydrogen-bond donors (Lipinski definition) is 1.